The van der Waals surface area contributed by atoms with Gasteiger partial charge in [-0.25, -0.2) is 9.50 Å². The Kier molecular flexibility index (Phi) is 5.72. The molecule has 0 aliphatic rings. The first-order chi connectivity index (χ1) is 15.1. The molecular formula is C20H18ClF3N6OS. The third-order valence-corrected chi connectivity index (χ3v) is 6.17. The molecule has 0 unspecified atom stereocenters. The van der Waals surface area contributed by atoms with E-state index < -0.39 is 23.8 Å². The molecule has 4 rings (SSSR count). The van der Waals surface area contributed by atoms with Gasteiger partial charge in [0.15, 0.2) is 17.0 Å². The number of rotatable bonds is 5. The number of hydrogen-bond acceptors (Lipinski definition) is 5. The summed E-state index contributed by atoms with van der Waals surface area (Å²) in [6.45, 7) is 6.16. The molecule has 1 N–H and O–H groups in total. The number of carbonyl (C=O) groups excluding carboxylic acids is 1. The molecule has 0 bridgehead atoms. The number of nitrogens with one attached hydrogen (secondary N) is 1. The Balaban J connectivity index is 1.75. The van der Waals surface area contributed by atoms with Crippen LogP contribution in [0.5, 0.6) is 0 Å². The van der Waals surface area contributed by atoms with Crippen molar-refractivity contribution in [3.8, 4) is 10.6 Å². The largest absolute Gasteiger partial charge is 0.433 e. The van der Waals surface area contributed by atoms with Gasteiger partial charge in [0.2, 0.25) is 0 Å². The number of nitrogens with zero attached hydrogens (tertiary/aromatic N) is 5. The molecule has 1 amide bonds. The minimum Gasteiger partial charge on any atom is -0.344 e. The van der Waals surface area contributed by atoms with Crippen LogP contribution in [0, 0.1) is 6.92 Å². The topological polar surface area (TPSA) is 77.1 Å². The first kappa shape index (κ1) is 22.3. The molecule has 168 valence electrons. The van der Waals surface area contributed by atoms with E-state index in [0.29, 0.717) is 15.9 Å². The van der Waals surface area contributed by atoms with E-state index in [1.807, 2.05) is 20.0 Å². The predicted molar refractivity (Wildman–Crippen MR) is 115 cm³/mol. The van der Waals surface area contributed by atoms with Crippen molar-refractivity contribution in [3.05, 3.63) is 57.4 Å². The van der Waals surface area contributed by atoms with E-state index in [1.165, 1.54) is 11.3 Å². The van der Waals surface area contributed by atoms with E-state index in [1.54, 1.807) is 29.1 Å². The number of aromatic nitrogens is 5. The van der Waals surface area contributed by atoms with Crippen molar-refractivity contribution in [2.24, 2.45) is 0 Å². The normalized spacial score (nSPS) is 13.0. The maximum absolute atomic E-state index is 13.8. The zero-order valence-electron chi connectivity index (χ0n) is 17.2. The van der Waals surface area contributed by atoms with Gasteiger partial charge in [-0.2, -0.15) is 23.4 Å². The van der Waals surface area contributed by atoms with Crippen LogP contribution in [-0.4, -0.2) is 30.3 Å². The Morgan fingerprint density at radius 3 is 2.69 bits per heavy atom. The van der Waals surface area contributed by atoms with Gasteiger partial charge in [0.05, 0.1) is 22.3 Å². The second kappa shape index (κ2) is 8.21. The van der Waals surface area contributed by atoms with E-state index in [-0.39, 0.29) is 22.1 Å². The summed E-state index contributed by atoms with van der Waals surface area (Å²) in [6.07, 6.45) is -2.92. The van der Waals surface area contributed by atoms with Crippen LogP contribution in [0.25, 0.3) is 16.2 Å². The monoisotopic (exact) mass is 482 g/mol. The molecule has 0 aromatic carbocycles. The number of alkyl halides is 3. The average molecular weight is 483 g/mol. The Morgan fingerprint density at radius 2 is 2.09 bits per heavy atom. The molecule has 0 aliphatic heterocycles. The van der Waals surface area contributed by atoms with Crippen molar-refractivity contribution in [2.75, 3.05) is 0 Å². The number of amides is 1. The van der Waals surface area contributed by atoms with Crippen molar-refractivity contribution in [1.29, 1.82) is 0 Å². The van der Waals surface area contributed by atoms with Crippen LogP contribution in [0.15, 0.2) is 29.8 Å². The zero-order chi connectivity index (χ0) is 23.2. The molecule has 4 aromatic rings. The van der Waals surface area contributed by atoms with Crippen molar-refractivity contribution in [3.63, 3.8) is 0 Å². The van der Waals surface area contributed by atoms with E-state index >= 15 is 0 Å². The predicted octanol–water partition coefficient (Wildman–Crippen LogP) is 5.15. The summed E-state index contributed by atoms with van der Waals surface area (Å²) in [5, 5.41) is 12.4. The lowest BCUT2D eigenvalue weighted by Gasteiger charge is -2.12. The molecule has 4 aromatic heterocycles. The number of carbonyl (C=O) groups is 1. The molecule has 12 heteroatoms. The van der Waals surface area contributed by atoms with Crippen molar-refractivity contribution in [1.82, 2.24) is 29.7 Å². The Hall–Kier alpha value is -2.92. The number of fused-ring (bicyclic) bond motifs is 1. The van der Waals surface area contributed by atoms with Crippen LogP contribution in [0.3, 0.4) is 0 Å². The van der Waals surface area contributed by atoms with Crippen molar-refractivity contribution in [2.45, 2.75) is 39.5 Å². The third-order valence-electron chi connectivity index (χ3n) is 4.93. The van der Waals surface area contributed by atoms with Gasteiger partial charge in [0.1, 0.15) is 5.02 Å². The molecule has 0 aliphatic carbocycles. The number of aryl methyl sites for hydroxylation is 2. The van der Waals surface area contributed by atoms with E-state index in [0.717, 1.165) is 17.3 Å². The molecule has 0 spiro atoms. The van der Waals surface area contributed by atoms with E-state index in [2.05, 4.69) is 20.5 Å². The molecule has 0 fully saturated rings. The number of thiophene rings is 1. The summed E-state index contributed by atoms with van der Waals surface area (Å²) in [4.78, 5) is 17.7. The number of hydrogen-bond donors (Lipinski definition) is 1. The molecule has 1 atom stereocenters. The maximum Gasteiger partial charge on any atom is 0.433 e. The lowest BCUT2D eigenvalue weighted by Crippen LogP contribution is -2.27. The van der Waals surface area contributed by atoms with Crippen LogP contribution >= 0.6 is 22.9 Å². The van der Waals surface area contributed by atoms with Gasteiger partial charge in [-0.3, -0.25) is 9.48 Å². The zero-order valence-corrected chi connectivity index (χ0v) is 18.8. The minimum atomic E-state index is -4.73. The van der Waals surface area contributed by atoms with Gasteiger partial charge in [-0.1, -0.05) is 17.7 Å². The van der Waals surface area contributed by atoms with Crippen LogP contribution < -0.4 is 5.32 Å². The third kappa shape index (κ3) is 3.97. The van der Waals surface area contributed by atoms with Gasteiger partial charge in [0, 0.05) is 18.3 Å². The van der Waals surface area contributed by atoms with Crippen LogP contribution in [0.1, 0.15) is 47.3 Å². The smallest absolute Gasteiger partial charge is 0.344 e. The van der Waals surface area contributed by atoms with Crippen LogP contribution in [0.4, 0.5) is 13.2 Å². The van der Waals surface area contributed by atoms with E-state index in [4.69, 9.17) is 11.6 Å². The molecule has 0 saturated carbocycles. The van der Waals surface area contributed by atoms with Gasteiger partial charge in [-0.15, -0.1) is 11.3 Å². The summed E-state index contributed by atoms with van der Waals surface area (Å²) in [5.41, 5.74) is -0.0147. The van der Waals surface area contributed by atoms with E-state index in [9.17, 15) is 18.0 Å². The van der Waals surface area contributed by atoms with Gasteiger partial charge in [-0.05, 0) is 38.3 Å². The second-order valence-electron chi connectivity index (χ2n) is 7.12. The Bertz CT molecular complexity index is 1300. The lowest BCUT2D eigenvalue weighted by molar-refractivity contribution is -0.142. The minimum absolute atomic E-state index is 0.101. The molecular weight excluding hydrogens is 465 g/mol. The Labute approximate surface area is 189 Å². The molecule has 0 radical (unpaired) electrons. The SMILES string of the molecule is CCn1cc([C@@H](C)NC(=O)c2nn3c(C(F)(F)F)cc(-c4cccs4)nc3c2Cl)c(C)n1. The quantitative estimate of drug-likeness (QED) is 0.427. The summed E-state index contributed by atoms with van der Waals surface area (Å²) in [6, 6.07) is 3.80. The first-order valence-electron chi connectivity index (χ1n) is 9.65. The molecule has 32 heavy (non-hydrogen) atoms. The Morgan fingerprint density at radius 1 is 1.34 bits per heavy atom. The standard InChI is InChI=1S/C20H18ClF3N6OS/c1-4-29-9-12(11(3)27-29)10(2)25-19(31)17-16(21)18-26-13(14-6-5-7-32-14)8-15(20(22,23)24)30(18)28-17/h5-10H,4H2,1-3H3,(H,25,31)/t10-/m1/s1. The second-order valence-corrected chi connectivity index (χ2v) is 8.45. The summed E-state index contributed by atoms with van der Waals surface area (Å²) >= 11 is 7.55. The van der Waals surface area contributed by atoms with Crippen molar-refractivity contribution < 1.29 is 18.0 Å². The fraction of sp³-hybridized carbons (Fsp3) is 0.300. The highest BCUT2D eigenvalue weighted by Gasteiger charge is 2.37. The molecule has 7 nitrogen and oxygen atoms in total. The molecule has 4 heterocycles. The highest BCUT2D eigenvalue weighted by atomic mass is 35.5. The van der Waals surface area contributed by atoms with Gasteiger partial charge in [0.25, 0.3) is 5.91 Å². The summed E-state index contributed by atoms with van der Waals surface area (Å²) in [5.74, 6) is -0.706. The first-order valence-corrected chi connectivity index (χ1v) is 10.9. The summed E-state index contributed by atoms with van der Waals surface area (Å²) in [7, 11) is 0. The summed E-state index contributed by atoms with van der Waals surface area (Å²) < 4.78 is 43.6. The van der Waals surface area contributed by atoms with Gasteiger partial charge >= 0.3 is 6.18 Å². The van der Waals surface area contributed by atoms with Gasteiger partial charge < -0.3 is 5.32 Å². The maximum atomic E-state index is 13.8. The highest BCUT2D eigenvalue weighted by Crippen LogP contribution is 2.35. The van der Waals surface area contributed by atoms with Crippen molar-refractivity contribution >= 4 is 34.5 Å². The highest BCUT2D eigenvalue weighted by molar-refractivity contribution is 7.13. The fourth-order valence-electron chi connectivity index (χ4n) is 3.35. The number of halogens is 4. The fourth-order valence-corrected chi connectivity index (χ4v) is 4.28. The lowest BCUT2D eigenvalue weighted by atomic mass is 10.1. The molecule has 0 saturated heterocycles. The van der Waals surface area contributed by atoms with Crippen LogP contribution in [-0.2, 0) is 12.7 Å². The average Bonchev–Trinajstić information content (AvgIpc) is 3.46. The van der Waals surface area contributed by atoms with Crippen LogP contribution in [0.2, 0.25) is 5.02 Å².